The first kappa shape index (κ1) is 24.9. The van der Waals surface area contributed by atoms with Gasteiger partial charge in [0, 0.05) is 48.7 Å². The molecule has 0 bridgehead atoms. The van der Waals surface area contributed by atoms with Crippen LogP contribution in [0, 0.1) is 6.92 Å². The van der Waals surface area contributed by atoms with Crippen LogP contribution in [0.3, 0.4) is 0 Å². The lowest BCUT2D eigenvalue weighted by Gasteiger charge is -2.06. The number of fused-ring (bicyclic) bond motifs is 12. The SMILES string of the molecule is Cc1c2oc3nc(-n4c5ccccc5c5ccccc54)ccc3c2cc2c1oc1nc(-n3c4ccccc4c4ccccc43)ccc12. The summed E-state index contributed by atoms with van der Waals surface area (Å²) in [4.78, 5) is 10.1. The highest BCUT2D eigenvalue weighted by molar-refractivity contribution is 6.16. The maximum atomic E-state index is 6.52. The molecule has 220 valence electrons. The Hall–Kier alpha value is -6.40. The Kier molecular flexibility index (Phi) is 4.69. The number of hydrogen-bond donors (Lipinski definition) is 0. The van der Waals surface area contributed by atoms with Crippen LogP contribution < -0.4 is 0 Å². The molecule has 6 aromatic heterocycles. The molecule has 11 rings (SSSR count). The van der Waals surface area contributed by atoms with Gasteiger partial charge in [-0.2, -0.15) is 9.97 Å². The molecule has 47 heavy (non-hydrogen) atoms. The lowest BCUT2D eigenvalue weighted by atomic mass is 10.1. The van der Waals surface area contributed by atoms with Crippen molar-refractivity contribution in [2.24, 2.45) is 0 Å². The fourth-order valence-electron chi connectivity index (χ4n) is 7.65. The first-order valence-corrected chi connectivity index (χ1v) is 15.8. The Balaban J connectivity index is 1.11. The standard InChI is InChI=1S/C41H24N4O2/c1-23-38-30(28-18-20-36(42-40(28)46-38)44-32-14-6-2-10-24(32)25-11-3-7-15-33(25)44)22-31-29-19-21-37(43-41(29)47-39(23)31)45-34-16-8-4-12-26(34)27-13-5-9-17-35(27)45/h2-22H,1H3. The van der Waals surface area contributed by atoms with Crippen LogP contribution in [0.2, 0.25) is 0 Å². The fourth-order valence-corrected chi connectivity index (χ4v) is 7.65. The van der Waals surface area contributed by atoms with E-state index in [2.05, 4.69) is 143 Å². The van der Waals surface area contributed by atoms with E-state index < -0.39 is 0 Å². The zero-order chi connectivity index (χ0) is 30.8. The highest BCUT2D eigenvalue weighted by atomic mass is 16.4. The summed E-state index contributed by atoms with van der Waals surface area (Å²) in [5.74, 6) is 1.64. The van der Waals surface area contributed by atoms with E-state index in [-0.39, 0.29) is 0 Å². The van der Waals surface area contributed by atoms with Gasteiger partial charge in [-0.25, -0.2) is 0 Å². The Bertz CT molecular complexity index is 2790. The minimum Gasteiger partial charge on any atom is -0.437 e. The maximum absolute atomic E-state index is 6.52. The topological polar surface area (TPSA) is 61.9 Å². The van der Waals surface area contributed by atoms with Crippen LogP contribution in [0.4, 0.5) is 0 Å². The Morgan fingerprint density at radius 2 is 0.766 bits per heavy atom. The third-order valence-electron chi connectivity index (χ3n) is 9.75. The van der Waals surface area contributed by atoms with Gasteiger partial charge < -0.3 is 8.83 Å². The highest BCUT2D eigenvalue weighted by Crippen LogP contribution is 2.40. The monoisotopic (exact) mass is 604 g/mol. The van der Waals surface area contributed by atoms with Crippen molar-refractivity contribution in [1.29, 1.82) is 0 Å². The van der Waals surface area contributed by atoms with E-state index in [1.54, 1.807) is 0 Å². The van der Waals surface area contributed by atoms with Crippen molar-refractivity contribution in [3.63, 3.8) is 0 Å². The van der Waals surface area contributed by atoms with Crippen molar-refractivity contribution in [1.82, 2.24) is 19.1 Å². The molecule has 6 heteroatoms. The molecule has 0 radical (unpaired) electrons. The summed E-state index contributed by atoms with van der Waals surface area (Å²) in [6.07, 6.45) is 0. The molecular formula is C41H24N4O2. The first-order chi connectivity index (χ1) is 23.2. The van der Waals surface area contributed by atoms with Gasteiger partial charge in [0.1, 0.15) is 22.8 Å². The second kappa shape index (κ2) is 8.86. The lowest BCUT2D eigenvalue weighted by molar-refractivity contribution is 0.636. The van der Waals surface area contributed by atoms with E-state index >= 15 is 0 Å². The Labute approximate surface area is 266 Å². The summed E-state index contributed by atoms with van der Waals surface area (Å²) in [6.45, 7) is 2.05. The van der Waals surface area contributed by atoms with E-state index in [4.69, 9.17) is 18.8 Å². The van der Waals surface area contributed by atoms with Crippen LogP contribution in [0.1, 0.15) is 5.56 Å². The predicted molar refractivity (Wildman–Crippen MR) is 190 cm³/mol. The van der Waals surface area contributed by atoms with Gasteiger partial charge in [-0.1, -0.05) is 72.8 Å². The second-order valence-electron chi connectivity index (χ2n) is 12.2. The third kappa shape index (κ3) is 3.23. The van der Waals surface area contributed by atoms with Crippen LogP contribution in [-0.4, -0.2) is 19.1 Å². The number of furan rings is 2. The molecule has 0 N–H and O–H groups in total. The van der Waals surface area contributed by atoms with E-state index in [0.717, 1.165) is 72.0 Å². The third-order valence-corrected chi connectivity index (χ3v) is 9.75. The molecule has 0 aliphatic carbocycles. The fraction of sp³-hybridized carbons (Fsp3) is 0.0244. The van der Waals surface area contributed by atoms with Crippen molar-refractivity contribution in [2.75, 3.05) is 0 Å². The highest BCUT2D eigenvalue weighted by Gasteiger charge is 2.21. The summed E-state index contributed by atoms with van der Waals surface area (Å²) in [6, 6.07) is 44.4. The number of nitrogens with zero attached hydrogens (tertiary/aromatic N) is 4. The first-order valence-electron chi connectivity index (χ1n) is 15.8. The van der Waals surface area contributed by atoms with E-state index in [9.17, 15) is 0 Å². The van der Waals surface area contributed by atoms with E-state index in [1.807, 2.05) is 0 Å². The molecule has 0 saturated carbocycles. The van der Waals surface area contributed by atoms with Crippen LogP contribution in [-0.2, 0) is 0 Å². The smallest absolute Gasteiger partial charge is 0.229 e. The lowest BCUT2D eigenvalue weighted by Crippen LogP contribution is -1.96. The molecule has 0 aliphatic heterocycles. The number of aryl methyl sites for hydroxylation is 1. The molecule has 0 atom stereocenters. The Morgan fingerprint density at radius 3 is 1.15 bits per heavy atom. The molecule has 0 unspecified atom stereocenters. The summed E-state index contributed by atoms with van der Waals surface area (Å²) in [5, 5.41) is 8.78. The number of hydrogen-bond acceptors (Lipinski definition) is 4. The van der Waals surface area contributed by atoms with Crippen LogP contribution in [0.15, 0.2) is 136 Å². The van der Waals surface area contributed by atoms with E-state index in [1.165, 1.54) is 21.5 Å². The maximum Gasteiger partial charge on any atom is 0.229 e. The molecule has 0 spiro atoms. The minimum absolute atomic E-state index is 0.603. The van der Waals surface area contributed by atoms with Crippen molar-refractivity contribution < 1.29 is 8.83 Å². The van der Waals surface area contributed by atoms with Crippen LogP contribution >= 0.6 is 0 Å². The van der Waals surface area contributed by atoms with Gasteiger partial charge in [0.25, 0.3) is 0 Å². The quantitative estimate of drug-likeness (QED) is 0.197. The van der Waals surface area contributed by atoms with Crippen molar-refractivity contribution >= 4 is 87.7 Å². The van der Waals surface area contributed by atoms with E-state index in [0.29, 0.717) is 11.4 Å². The number of benzene rings is 5. The van der Waals surface area contributed by atoms with Gasteiger partial charge in [0.2, 0.25) is 11.4 Å². The average molecular weight is 605 g/mol. The molecule has 6 nitrogen and oxygen atoms in total. The zero-order valence-corrected chi connectivity index (χ0v) is 25.2. The molecule has 0 aliphatic rings. The number of rotatable bonds is 2. The average Bonchev–Trinajstić information content (AvgIpc) is 3.86. The summed E-state index contributed by atoms with van der Waals surface area (Å²) >= 11 is 0. The van der Waals surface area contributed by atoms with Gasteiger partial charge >= 0.3 is 0 Å². The molecule has 0 fully saturated rings. The van der Waals surface area contributed by atoms with Gasteiger partial charge in [-0.3, -0.25) is 9.13 Å². The van der Waals surface area contributed by atoms with Crippen molar-refractivity contribution in [3.05, 3.63) is 133 Å². The normalized spacial score (nSPS) is 12.4. The van der Waals surface area contributed by atoms with Gasteiger partial charge in [0.05, 0.1) is 22.1 Å². The largest absolute Gasteiger partial charge is 0.437 e. The molecule has 11 aromatic rings. The predicted octanol–water partition coefficient (Wildman–Crippen LogP) is 10.8. The van der Waals surface area contributed by atoms with Gasteiger partial charge in [-0.15, -0.1) is 0 Å². The number of para-hydroxylation sites is 4. The Morgan fingerprint density at radius 1 is 0.404 bits per heavy atom. The molecule has 0 saturated heterocycles. The molecule has 5 aromatic carbocycles. The molecule has 0 amide bonds. The summed E-state index contributed by atoms with van der Waals surface area (Å²) in [5.41, 5.74) is 8.16. The summed E-state index contributed by atoms with van der Waals surface area (Å²) in [7, 11) is 0. The second-order valence-corrected chi connectivity index (χ2v) is 12.2. The number of aromatic nitrogens is 4. The molecule has 6 heterocycles. The van der Waals surface area contributed by atoms with Gasteiger partial charge in [0.15, 0.2) is 0 Å². The van der Waals surface area contributed by atoms with Crippen molar-refractivity contribution in [2.45, 2.75) is 6.92 Å². The molecular weight excluding hydrogens is 580 g/mol. The van der Waals surface area contributed by atoms with Crippen LogP contribution in [0.25, 0.3) is 99.4 Å². The number of pyridine rings is 2. The van der Waals surface area contributed by atoms with Crippen LogP contribution in [0.5, 0.6) is 0 Å². The summed E-state index contributed by atoms with van der Waals surface area (Å²) < 4.78 is 17.5. The van der Waals surface area contributed by atoms with Gasteiger partial charge in [-0.05, 0) is 61.5 Å². The van der Waals surface area contributed by atoms with Crippen molar-refractivity contribution in [3.8, 4) is 11.6 Å². The zero-order valence-electron chi connectivity index (χ0n) is 25.2. The minimum atomic E-state index is 0.603.